The van der Waals surface area contributed by atoms with Crippen molar-refractivity contribution in [3.8, 4) is 17.2 Å². The van der Waals surface area contributed by atoms with Crippen LogP contribution >= 0.6 is 0 Å². The molecule has 0 N–H and O–H groups in total. The van der Waals surface area contributed by atoms with Gasteiger partial charge in [0.15, 0.2) is 17.2 Å². The molecule has 0 fully saturated rings. The van der Waals surface area contributed by atoms with Gasteiger partial charge in [0.1, 0.15) is 0 Å². The monoisotopic (exact) mass is 343 g/mol. The second-order valence-corrected chi connectivity index (χ2v) is 5.20. The molecule has 0 amide bonds. The van der Waals surface area contributed by atoms with Crippen molar-refractivity contribution in [2.75, 3.05) is 21.3 Å². The van der Waals surface area contributed by atoms with Crippen molar-refractivity contribution in [2.24, 2.45) is 12.0 Å². The Morgan fingerprint density at radius 1 is 1.12 bits per heavy atom. The molecule has 8 nitrogen and oxygen atoms in total. The van der Waals surface area contributed by atoms with E-state index in [1.807, 2.05) is 0 Å². The standard InChI is InChI=1S/C17H17N3O5/c1-20-9-10(8-18-20)5-12-17(21)25-16(19-12)11-6-13(22-2)15(24-4)14(7-11)23-3/h5-9H,1-4H3/b12-5-. The Balaban J connectivity index is 2.00. The van der Waals surface area contributed by atoms with Crippen LogP contribution in [-0.4, -0.2) is 43.0 Å². The summed E-state index contributed by atoms with van der Waals surface area (Å²) in [6.45, 7) is 0. The summed E-state index contributed by atoms with van der Waals surface area (Å²) in [7, 11) is 6.33. The summed E-state index contributed by atoms with van der Waals surface area (Å²) in [5.74, 6) is 0.970. The molecule has 1 aromatic carbocycles. The van der Waals surface area contributed by atoms with E-state index in [-0.39, 0.29) is 11.6 Å². The second kappa shape index (κ2) is 6.68. The van der Waals surface area contributed by atoms with Gasteiger partial charge in [0.25, 0.3) is 0 Å². The Morgan fingerprint density at radius 3 is 2.32 bits per heavy atom. The highest BCUT2D eigenvalue weighted by Crippen LogP contribution is 2.39. The number of methoxy groups -OCH3 is 3. The Labute approximate surface area is 144 Å². The summed E-state index contributed by atoms with van der Waals surface area (Å²) in [5.41, 5.74) is 1.48. The van der Waals surface area contributed by atoms with Gasteiger partial charge in [-0.25, -0.2) is 9.79 Å². The normalized spacial score (nSPS) is 15.1. The van der Waals surface area contributed by atoms with Crippen LogP contribution in [0.4, 0.5) is 0 Å². The van der Waals surface area contributed by atoms with Crippen LogP contribution in [0.5, 0.6) is 17.2 Å². The van der Waals surface area contributed by atoms with Gasteiger partial charge in [0.05, 0.1) is 27.5 Å². The van der Waals surface area contributed by atoms with Gasteiger partial charge >= 0.3 is 5.97 Å². The number of hydrogen-bond acceptors (Lipinski definition) is 7. The van der Waals surface area contributed by atoms with E-state index in [2.05, 4.69) is 10.1 Å². The zero-order valence-corrected chi connectivity index (χ0v) is 14.3. The average molecular weight is 343 g/mol. The number of esters is 1. The minimum Gasteiger partial charge on any atom is -0.493 e. The number of aliphatic imine (C=N–C) groups is 1. The van der Waals surface area contributed by atoms with Gasteiger partial charge in [0, 0.05) is 24.4 Å². The maximum atomic E-state index is 12.1. The highest BCUT2D eigenvalue weighted by molar-refractivity contribution is 6.13. The SMILES string of the molecule is COc1cc(C2=N/C(=C\c3cnn(C)c3)C(=O)O2)cc(OC)c1OC. The number of aromatic nitrogens is 2. The molecule has 2 heterocycles. The minimum atomic E-state index is -0.535. The highest BCUT2D eigenvalue weighted by atomic mass is 16.6. The van der Waals surface area contributed by atoms with Gasteiger partial charge in [-0.05, 0) is 18.2 Å². The van der Waals surface area contributed by atoms with Crippen LogP contribution in [0.2, 0.25) is 0 Å². The number of cyclic esters (lactones) is 1. The summed E-state index contributed by atoms with van der Waals surface area (Å²) >= 11 is 0. The number of ether oxygens (including phenoxy) is 4. The Morgan fingerprint density at radius 2 is 1.80 bits per heavy atom. The van der Waals surface area contributed by atoms with Crippen LogP contribution in [0, 0.1) is 0 Å². The van der Waals surface area contributed by atoms with Crippen LogP contribution in [0.25, 0.3) is 6.08 Å². The van der Waals surface area contributed by atoms with Gasteiger partial charge in [0.2, 0.25) is 11.6 Å². The summed E-state index contributed by atoms with van der Waals surface area (Å²) in [5, 5.41) is 4.05. The Kier molecular flexibility index (Phi) is 4.42. The first-order valence-electron chi connectivity index (χ1n) is 7.37. The smallest absolute Gasteiger partial charge is 0.363 e. The number of carbonyl (C=O) groups is 1. The van der Waals surface area contributed by atoms with Crippen molar-refractivity contribution in [2.45, 2.75) is 0 Å². The van der Waals surface area contributed by atoms with Gasteiger partial charge < -0.3 is 18.9 Å². The van der Waals surface area contributed by atoms with E-state index in [1.54, 1.807) is 42.3 Å². The Bertz CT molecular complexity index is 857. The first-order chi connectivity index (χ1) is 12.0. The number of rotatable bonds is 5. The highest BCUT2D eigenvalue weighted by Gasteiger charge is 2.26. The van der Waals surface area contributed by atoms with Crippen molar-refractivity contribution >= 4 is 17.9 Å². The van der Waals surface area contributed by atoms with E-state index in [4.69, 9.17) is 18.9 Å². The molecule has 0 saturated carbocycles. The molecule has 0 unspecified atom stereocenters. The van der Waals surface area contributed by atoms with E-state index >= 15 is 0 Å². The van der Waals surface area contributed by atoms with Crippen molar-refractivity contribution in [3.63, 3.8) is 0 Å². The summed E-state index contributed by atoms with van der Waals surface area (Å²) in [6.07, 6.45) is 5.01. The van der Waals surface area contributed by atoms with Gasteiger partial charge in [-0.15, -0.1) is 0 Å². The Hall–Kier alpha value is -3.29. The third-order valence-corrected chi connectivity index (χ3v) is 3.56. The number of hydrogen-bond donors (Lipinski definition) is 0. The van der Waals surface area contributed by atoms with Crippen LogP contribution in [0.15, 0.2) is 35.2 Å². The zero-order chi connectivity index (χ0) is 18.0. The molecule has 2 aromatic rings. The molecule has 0 atom stereocenters. The lowest BCUT2D eigenvalue weighted by Crippen LogP contribution is -2.06. The van der Waals surface area contributed by atoms with Crippen LogP contribution in [0.1, 0.15) is 11.1 Å². The predicted octanol–water partition coefficient (Wildman–Crippen LogP) is 1.79. The topological polar surface area (TPSA) is 84.2 Å². The third kappa shape index (κ3) is 3.18. The lowest BCUT2D eigenvalue weighted by molar-refractivity contribution is -0.129. The maximum absolute atomic E-state index is 12.1. The van der Waals surface area contributed by atoms with Crippen LogP contribution in [0.3, 0.4) is 0 Å². The molecule has 0 radical (unpaired) electrons. The second-order valence-electron chi connectivity index (χ2n) is 5.20. The number of nitrogens with zero attached hydrogens (tertiary/aromatic N) is 3. The van der Waals surface area contributed by atoms with Crippen molar-refractivity contribution < 1.29 is 23.7 Å². The van der Waals surface area contributed by atoms with E-state index in [1.165, 1.54) is 21.3 Å². The van der Waals surface area contributed by atoms with E-state index in [0.717, 1.165) is 5.56 Å². The molecule has 1 aromatic heterocycles. The van der Waals surface area contributed by atoms with Crippen molar-refractivity contribution in [1.82, 2.24) is 9.78 Å². The fourth-order valence-electron chi connectivity index (χ4n) is 2.41. The molecule has 0 aliphatic carbocycles. The molecular formula is C17H17N3O5. The van der Waals surface area contributed by atoms with Crippen LogP contribution < -0.4 is 14.2 Å². The summed E-state index contributed by atoms with van der Waals surface area (Å²) in [6, 6.07) is 3.33. The van der Waals surface area contributed by atoms with Crippen molar-refractivity contribution in [1.29, 1.82) is 0 Å². The number of benzene rings is 1. The largest absolute Gasteiger partial charge is 0.493 e. The molecule has 0 saturated heterocycles. The average Bonchev–Trinajstić information content (AvgIpc) is 3.19. The number of aryl methyl sites for hydroxylation is 1. The minimum absolute atomic E-state index is 0.166. The first kappa shape index (κ1) is 16.6. The predicted molar refractivity (Wildman–Crippen MR) is 89.9 cm³/mol. The van der Waals surface area contributed by atoms with Gasteiger partial charge in [-0.1, -0.05) is 0 Å². The molecule has 8 heteroatoms. The lowest BCUT2D eigenvalue weighted by atomic mass is 10.1. The lowest BCUT2D eigenvalue weighted by Gasteiger charge is -2.13. The van der Waals surface area contributed by atoms with E-state index < -0.39 is 5.97 Å². The third-order valence-electron chi connectivity index (χ3n) is 3.56. The molecule has 3 rings (SSSR count). The first-order valence-corrected chi connectivity index (χ1v) is 7.37. The molecule has 130 valence electrons. The van der Waals surface area contributed by atoms with Gasteiger partial charge in [-0.3, -0.25) is 4.68 Å². The molecule has 1 aliphatic rings. The molecular weight excluding hydrogens is 326 g/mol. The molecule has 0 spiro atoms. The van der Waals surface area contributed by atoms with E-state index in [9.17, 15) is 4.79 Å². The zero-order valence-electron chi connectivity index (χ0n) is 14.3. The molecule has 1 aliphatic heterocycles. The fourth-order valence-corrected chi connectivity index (χ4v) is 2.41. The summed E-state index contributed by atoms with van der Waals surface area (Å²) in [4.78, 5) is 16.3. The van der Waals surface area contributed by atoms with Gasteiger partial charge in [-0.2, -0.15) is 5.10 Å². The quantitative estimate of drug-likeness (QED) is 0.608. The summed E-state index contributed by atoms with van der Waals surface area (Å²) < 4.78 is 22.8. The van der Waals surface area contributed by atoms with Crippen LogP contribution in [-0.2, 0) is 16.6 Å². The molecule has 25 heavy (non-hydrogen) atoms. The van der Waals surface area contributed by atoms with Crippen molar-refractivity contribution in [3.05, 3.63) is 41.4 Å². The fraction of sp³-hybridized carbons (Fsp3) is 0.235. The van der Waals surface area contributed by atoms with E-state index in [0.29, 0.717) is 22.8 Å². The molecule has 0 bridgehead atoms. The maximum Gasteiger partial charge on any atom is 0.363 e. The number of carbonyl (C=O) groups excluding carboxylic acids is 1.